The van der Waals surface area contributed by atoms with Crippen LogP contribution in [0.2, 0.25) is 0 Å². The van der Waals surface area contributed by atoms with E-state index in [1.54, 1.807) is 13.8 Å². The van der Waals surface area contributed by atoms with Crippen LogP contribution in [0.15, 0.2) is 23.1 Å². The highest BCUT2D eigenvalue weighted by Gasteiger charge is 2.24. The summed E-state index contributed by atoms with van der Waals surface area (Å²) in [6, 6.07) is 3.34. The Morgan fingerprint density at radius 1 is 1.26 bits per heavy atom. The lowest BCUT2D eigenvalue weighted by Crippen LogP contribution is -3.14. The summed E-state index contributed by atoms with van der Waals surface area (Å²) in [7, 11) is -3.74. The fraction of sp³-hybridized carbons (Fsp3) is 0.611. The summed E-state index contributed by atoms with van der Waals surface area (Å²) >= 11 is 0. The minimum atomic E-state index is -3.74. The number of halogens is 1. The molecule has 0 radical (unpaired) electrons. The number of quaternary nitrogens is 1. The molecule has 0 spiro atoms. The van der Waals surface area contributed by atoms with Crippen LogP contribution in [0, 0.1) is 5.82 Å². The van der Waals surface area contributed by atoms with Crippen LogP contribution in [0.3, 0.4) is 0 Å². The molecule has 1 heterocycles. The number of hydrogen-bond donors (Lipinski definition) is 2. The van der Waals surface area contributed by atoms with Gasteiger partial charge in [-0.15, -0.1) is 0 Å². The summed E-state index contributed by atoms with van der Waals surface area (Å²) in [4.78, 5) is 13.7. The summed E-state index contributed by atoms with van der Waals surface area (Å²) in [6.45, 7) is 8.80. The fourth-order valence-corrected chi connectivity index (χ4v) is 4.58. The molecular weight excluding hydrogens is 373 g/mol. The van der Waals surface area contributed by atoms with Gasteiger partial charge >= 0.3 is 0 Å². The van der Waals surface area contributed by atoms with Crippen LogP contribution >= 0.6 is 0 Å². The van der Waals surface area contributed by atoms with Crippen LogP contribution in [0.25, 0.3) is 0 Å². The number of rotatable bonds is 9. The summed E-state index contributed by atoms with van der Waals surface area (Å²) in [5.74, 6) is -1.33. The van der Waals surface area contributed by atoms with E-state index in [2.05, 4.69) is 5.32 Å². The number of hydrogen-bond acceptors (Lipinski definition) is 4. The van der Waals surface area contributed by atoms with Crippen molar-refractivity contribution in [3.05, 3.63) is 29.6 Å². The minimum Gasteiger partial charge on any atom is -0.370 e. The molecule has 1 saturated heterocycles. The van der Waals surface area contributed by atoms with Gasteiger partial charge in [-0.25, -0.2) is 12.8 Å². The van der Waals surface area contributed by atoms with Crippen LogP contribution in [-0.2, 0) is 14.8 Å². The van der Waals surface area contributed by atoms with Crippen LogP contribution in [0.4, 0.5) is 4.39 Å². The van der Waals surface area contributed by atoms with E-state index in [0.29, 0.717) is 19.6 Å². The molecule has 1 fully saturated rings. The van der Waals surface area contributed by atoms with Gasteiger partial charge in [0.2, 0.25) is 10.0 Å². The summed E-state index contributed by atoms with van der Waals surface area (Å²) in [5, 5.41) is 2.68. The molecule has 2 N–H and O–H groups in total. The number of benzene rings is 1. The Balaban J connectivity index is 1.99. The van der Waals surface area contributed by atoms with E-state index in [1.807, 2.05) is 0 Å². The van der Waals surface area contributed by atoms with E-state index < -0.39 is 21.7 Å². The van der Waals surface area contributed by atoms with Crippen LogP contribution in [-0.4, -0.2) is 71.1 Å². The average Bonchev–Trinajstić information content (AvgIpc) is 2.67. The SMILES string of the molecule is CCN(CC)S(=O)(=O)c1ccc(F)c(C(=O)NCCC[NH+]2CCOCC2)c1. The van der Waals surface area contributed by atoms with Gasteiger partial charge in [0.15, 0.2) is 0 Å². The Kier molecular flexibility index (Phi) is 8.15. The first-order valence-corrected chi connectivity index (χ1v) is 10.8. The molecule has 152 valence electrons. The third-order valence-electron chi connectivity index (χ3n) is 4.72. The molecule has 0 bridgehead atoms. The lowest BCUT2D eigenvalue weighted by molar-refractivity contribution is -0.908. The zero-order chi connectivity index (χ0) is 19.9. The number of carbonyl (C=O) groups is 1. The second-order valence-electron chi connectivity index (χ2n) is 6.45. The lowest BCUT2D eigenvalue weighted by atomic mass is 10.2. The Morgan fingerprint density at radius 2 is 1.93 bits per heavy atom. The molecule has 1 aliphatic rings. The predicted molar refractivity (Wildman–Crippen MR) is 99.8 cm³/mol. The third kappa shape index (κ3) is 5.71. The first-order chi connectivity index (χ1) is 12.9. The lowest BCUT2D eigenvalue weighted by Gasteiger charge is -2.23. The Bertz CT molecular complexity index is 732. The quantitative estimate of drug-likeness (QED) is 0.565. The number of morpholine rings is 1. The molecule has 7 nitrogen and oxygen atoms in total. The van der Waals surface area contributed by atoms with E-state index in [-0.39, 0.29) is 10.5 Å². The first-order valence-electron chi connectivity index (χ1n) is 9.39. The van der Waals surface area contributed by atoms with Gasteiger partial charge in [-0.3, -0.25) is 4.79 Å². The van der Waals surface area contributed by atoms with Crippen molar-refractivity contribution in [1.82, 2.24) is 9.62 Å². The van der Waals surface area contributed by atoms with Crippen molar-refractivity contribution < 1.29 is 27.2 Å². The summed E-state index contributed by atoms with van der Waals surface area (Å²) in [5.41, 5.74) is -0.248. The standard InChI is InChI=1S/C18H28FN3O4S/c1-3-22(4-2)27(24,25)15-6-7-17(19)16(14-15)18(23)20-8-5-9-21-10-12-26-13-11-21/h6-7,14H,3-5,8-13H2,1-2H3,(H,20,23)/p+1. The van der Waals surface area contributed by atoms with Crippen molar-refractivity contribution in [3.8, 4) is 0 Å². The molecule has 1 aromatic rings. The van der Waals surface area contributed by atoms with Crippen molar-refractivity contribution in [2.75, 3.05) is 52.5 Å². The monoisotopic (exact) mass is 402 g/mol. The van der Waals surface area contributed by atoms with Gasteiger partial charge in [0.25, 0.3) is 5.91 Å². The molecule has 9 heteroatoms. The smallest absolute Gasteiger partial charge is 0.254 e. The Morgan fingerprint density at radius 3 is 2.56 bits per heavy atom. The van der Waals surface area contributed by atoms with Gasteiger partial charge < -0.3 is 15.0 Å². The van der Waals surface area contributed by atoms with Crippen molar-refractivity contribution in [3.63, 3.8) is 0 Å². The molecule has 0 atom stereocenters. The minimum absolute atomic E-state index is 0.0736. The molecular formula is C18H29FN3O4S+. The largest absolute Gasteiger partial charge is 0.370 e. The van der Waals surface area contributed by atoms with Gasteiger partial charge in [-0.1, -0.05) is 13.8 Å². The van der Waals surface area contributed by atoms with Crippen LogP contribution < -0.4 is 10.2 Å². The molecule has 1 aromatic carbocycles. The third-order valence-corrected chi connectivity index (χ3v) is 6.76. The van der Waals surface area contributed by atoms with E-state index in [4.69, 9.17) is 4.74 Å². The highest BCUT2D eigenvalue weighted by Crippen LogP contribution is 2.19. The molecule has 0 aromatic heterocycles. The highest BCUT2D eigenvalue weighted by molar-refractivity contribution is 7.89. The Hall–Kier alpha value is -1.55. The van der Waals surface area contributed by atoms with Gasteiger partial charge in [-0.05, 0) is 18.2 Å². The normalized spacial score (nSPS) is 15.9. The van der Waals surface area contributed by atoms with E-state index >= 15 is 0 Å². The number of sulfonamides is 1. The number of carbonyl (C=O) groups excluding carboxylic acids is 1. The predicted octanol–water partition coefficient (Wildman–Crippen LogP) is -0.109. The van der Waals surface area contributed by atoms with Gasteiger partial charge in [0.1, 0.15) is 18.9 Å². The van der Waals surface area contributed by atoms with Crippen LogP contribution in [0.5, 0.6) is 0 Å². The average molecular weight is 403 g/mol. The van der Waals surface area contributed by atoms with Crippen molar-refractivity contribution >= 4 is 15.9 Å². The molecule has 0 unspecified atom stereocenters. The molecule has 0 saturated carbocycles. The van der Waals surface area contributed by atoms with Crippen molar-refractivity contribution in [2.24, 2.45) is 0 Å². The fourth-order valence-electron chi connectivity index (χ4n) is 3.10. The van der Waals surface area contributed by atoms with E-state index in [0.717, 1.165) is 51.4 Å². The zero-order valence-electron chi connectivity index (χ0n) is 16.0. The van der Waals surface area contributed by atoms with Crippen LogP contribution in [0.1, 0.15) is 30.6 Å². The number of nitrogens with one attached hydrogen (secondary N) is 2. The number of amides is 1. The maximum Gasteiger partial charge on any atom is 0.254 e. The summed E-state index contributed by atoms with van der Waals surface area (Å²) < 4.78 is 45.8. The van der Waals surface area contributed by atoms with Gasteiger partial charge in [0, 0.05) is 26.1 Å². The summed E-state index contributed by atoms with van der Waals surface area (Å²) in [6.07, 6.45) is 0.764. The second kappa shape index (κ2) is 10.1. The molecule has 0 aliphatic carbocycles. The molecule has 2 rings (SSSR count). The first kappa shape index (κ1) is 21.7. The Labute approximate surface area is 160 Å². The van der Waals surface area contributed by atoms with E-state index in [9.17, 15) is 17.6 Å². The molecule has 1 aliphatic heterocycles. The van der Waals surface area contributed by atoms with E-state index in [1.165, 1.54) is 15.3 Å². The topological polar surface area (TPSA) is 80.2 Å². The maximum absolute atomic E-state index is 14.1. The van der Waals surface area contributed by atoms with Crippen molar-refractivity contribution in [2.45, 2.75) is 25.2 Å². The van der Waals surface area contributed by atoms with Gasteiger partial charge in [0.05, 0.1) is 30.2 Å². The maximum atomic E-state index is 14.1. The number of ether oxygens (including phenoxy) is 1. The number of nitrogens with zero attached hydrogens (tertiary/aromatic N) is 1. The van der Waals surface area contributed by atoms with Crippen molar-refractivity contribution in [1.29, 1.82) is 0 Å². The second-order valence-corrected chi connectivity index (χ2v) is 8.39. The zero-order valence-corrected chi connectivity index (χ0v) is 16.8. The highest BCUT2D eigenvalue weighted by atomic mass is 32.2. The van der Waals surface area contributed by atoms with Gasteiger partial charge in [-0.2, -0.15) is 4.31 Å². The molecule has 1 amide bonds. The molecule has 27 heavy (non-hydrogen) atoms.